The Morgan fingerprint density at radius 2 is 2.07 bits per heavy atom. The van der Waals surface area contributed by atoms with Crippen LogP contribution in [0.3, 0.4) is 0 Å². The number of carbonyl (C=O) groups excluding carboxylic acids is 1. The monoisotopic (exact) mass is 368 g/mol. The maximum Gasteiger partial charge on any atom is 0.343 e. The molecular formula is C19H20N4O4. The van der Waals surface area contributed by atoms with Crippen molar-refractivity contribution in [3.05, 3.63) is 52.7 Å². The number of pyridine rings is 1. The molecule has 0 saturated heterocycles. The Bertz CT molecular complexity index is 857. The number of nitrogens with zero attached hydrogens (tertiary/aromatic N) is 3. The molecule has 0 spiro atoms. The van der Waals surface area contributed by atoms with Gasteiger partial charge >= 0.3 is 5.97 Å². The lowest BCUT2D eigenvalue weighted by molar-refractivity contribution is -0.142. The van der Waals surface area contributed by atoms with Crippen molar-refractivity contribution in [2.75, 3.05) is 26.3 Å². The molecule has 0 atom stereocenters. The van der Waals surface area contributed by atoms with Crippen LogP contribution >= 0.6 is 0 Å². The highest BCUT2D eigenvalue weighted by Gasteiger charge is 2.10. The molecule has 27 heavy (non-hydrogen) atoms. The van der Waals surface area contributed by atoms with Crippen LogP contribution in [0.2, 0.25) is 0 Å². The van der Waals surface area contributed by atoms with E-state index in [4.69, 9.17) is 9.47 Å². The molecule has 0 saturated carbocycles. The predicted octanol–water partition coefficient (Wildman–Crippen LogP) is 2.41. The molecule has 0 amide bonds. The van der Waals surface area contributed by atoms with E-state index in [2.05, 4.69) is 26.3 Å². The average molecular weight is 368 g/mol. The van der Waals surface area contributed by atoms with E-state index in [1.807, 2.05) is 13.0 Å². The molecule has 0 aliphatic heterocycles. The average Bonchev–Trinajstić information content (AvgIpc) is 2.67. The minimum atomic E-state index is -0.448. The first-order valence-corrected chi connectivity index (χ1v) is 8.05. The third kappa shape index (κ3) is 5.80. The van der Waals surface area contributed by atoms with E-state index in [9.17, 15) is 10.1 Å². The van der Waals surface area contributed by atoms with Gasteiger partial charge in [0.1, 0.15) is 17.4 Å². The number of ether oxygens (including phenoxy) is 3. The van der Waals surface area contributed by atoms with E-state index >= 15 is 0 Å². The number of nitrogens with one attached hydrogen (secondary N) is 1. The number of benzene rings is 1. The van der Waals surface area contributed by atoms with Crippen molar-refractivity contribution in [1.29, 1.82) is 5.26 Å². The number of anilines is 1. The summed E-state index contributed by atoms with van der Waals surface area (Å²) >= 11 is 0. The zero-order valence-electron chi connectivity index (χ0n) is 15.4. The number of hydrogen-bond donors (Lipinski definition) is 1. The smallest absolute Gasteiger partial charge is 0.343 e. The van der Waals surface area contributed by atoms with Crippen molar-refractivity contribution >= 4 is 18.0 Å². The maximum absolute atomic E-state index is 11.1. The highest BCUT2D eigenvalue weighted by Crippen LogP contribution is 2.19. The zero-order chi connectivity index (χ0) is 19.6. The molecule has 0 radical (unpaired) electrons. The molecule has 0 fully saturated rings. The van der Waals surface area contributed by atoms with Gasteiger partial charge in [0.05, 0.1) is 19.9 Å². The molecule has 2 rings (SSSR count). The van der Waals surface area contributed by atoms with Gasteiger partial charge in [-0.2, -0.15) is 10.4 Å². The van der Waals surface area contributed by atoms with Crippen LogP contribution in [-0.2, 0) is 20.9 Å². The Morgan fingerprint density at radius 3 is 2.70 bits per heavy atom. The SMILES string of the molecule is COCc1cc(C)nc(N/N=C/c2ccc(OCC(=O)OC)cc2)c1C#N. The van der Waals surface area contributed by atoms with Gasteiger partial charge < -0.3 is 14.2 Å². The molecule has 1 N–H and O–H groups in total. The van der Waals surface area contributed by atoms with E-state index in [0.717, 1.165) is 16.8 Å². The minimum Gasteiger partial charge on any atom is -0.482 e. The predicted molar refractivity (Wildman–Crippen MR) is 99.6 cm³/mol. The summed E-state index contributed by atoms with van der Waals surface area (Å²) in [6.07, 6.45) is 1.59. The van der Waals surface area contributed by atoms with Gasteiger partial charge in [0, 0.05) is 18.4 Å². The number of methoxy groups -OCH3 is 2. The van der Waals surface area contributed by atoms with Gasteiger partial charge in [-0.05, 0) is 42.8 Å². The molecular weight excluding hydrogens is 348 g/mol. The summed E-state index contributed by atoms with van der Waals surface area (Å²) in [4.78, 5) is 15.4. The fraction of sp³-hybridized carbons (Fsp3) is 0.263. The highest BCUT2D eigenvalue weighted by molar-refractivity contribution is 5.80. The fourth-order valence-electron chi connectivity index (χ4n) is 2.24. The van der Waals surface area contributed by atoms with Gasteiger partial charge in [0.2, 0.25) is 0 Å². The number of rotatable bonds is 8. The lowest BCUT2D eigenvalue weighted by Gasteiger charge is -2.09. The van der Waals surface area contributed by atoms with Crippen molar-refractivity contribution in [2.45, 2.75) is 13.5 Å². The minimum absolute atomic E-state index is 0.148. The number of esters is 1. The van der Waals surface area contributed by atoms with Crippen molar-refractivity contribution in [1.82, 2.24) is 4.98 Å². The van der Waals surface area contributed by atoms with E-state index in [0.29, 0.717) is 23.7 Å². The summed E-state index contributed by atoms with van der Waals surface area (Å²) in [5.74, 6) is 0.470. The van der Waals surface area contributed by atoms with Crippen LogP contribution in [-0.4, -0.2) is 38.0 Å². The van der Waals surface area contributed by atoms with Crippen LogP contribution in [0.1, 0.15) is 22.4 Å². The summed E-state index contributed by atoms with van der Waals surface area (Å²) < 4.78 is 14.9. The van der Waals surface area contributed by atoms with E-state index in [1.54, 1.807) is 37.6 Å². The first kappa shape index (κ1) is 19.9. The summed E-state index contributed by atoms with van der Waals surface area (Å²) in [6, 6.07) is 10.9. The van der Waals surface area contributed by atoms with Crippen molar-refractivity contribution in [3.63, 3.8) is 0 Å². The molecule has 1 aromatic carbocycles. The van der Waals surface area contributed by atoms with E-state index < -0.39 is 5.97 Å². The number of aromatic nitrogens is 1. The first-order chi connectivity index (χ1) is 13.1. The van der Waals surface area contributed by atoms with Crippen LogP contribution in [0.25, 0.3) is 0 Å². The molecule has 0 bridgehead atoms. The topological polar surface area (TPSA) is 106 Å². The summed E-state index contributed by atoms with van der Waals surface area (Å²) in [6.45, 7) is 2.01. The van der Waals surface area contributed by atoms with Crippen molar-refractivity contribution in [3.8, 4) is 11.8 Å². The quantitative estimate of drug-likeness (QED) is 0.433. The summed E-state index contributed by atoms with van der Waals surface area (Å²) in [7, 11) is 2.87. The molecule has 1 aromatic heterocycles. The van der Waals surface area contributed by atoms with Gasteiger partial charge in [-0.3, -0.25) is 5.43 Å². The second-order valence-corrected chi connectivity index (χ2v) is 5.50. The lowest BCUT2D eigenvalue weighted by atomic mass is 10.1. The van der Waals surface area contributed by atoms with Crippen LogP contribution in [0.4, 0.5) is 5.82 Å². The number of nitriles is 1. The highest BCUT2D eigenvalue weighted by atomic mass is 16.6. The Kier molecular flexibility index (Phi) is 7.28. The first-order valence-electron chi connectivity index (χ1n) is 8.05. The second kappa shape index (κ2) is 9.89. The van der Waals surface area contributed by atoms with Gasteiger partial charge in [0.15, 0.2) is 12.4 Å². The van der Waals surface area contributed by atoms with Gasteiger partial charge in [0.25, 0.3) is 0 Å². The van der Waals surface area contributed by atoms with Crippen LogP contribution in [0.5, 0.6) is 5.75 Å². The van der Waals surface area contributed by atoms with Crippen molar-refractivity contribution in [2.24, 2.45) is 5.10 Å². The van der Waals surface area contributed by atoms with Gasteiger partial charge in [-0.15, -0.1) is 0 Å². The Hall–Kier alpha value is -3.44. The van der Waals surface area contributed by atoms with Gasteiger partial charge in [-0.1, -0.05) is 0 Å². The summed E-state index contributed by atoms with van der Waals surface area (Å²) in [5.41, 5.74) is 5.50. The van der Waals surface area contributed by atoms with Crippen molar-refractivity contribution < 1.29 is 19.0 Å². The third-order valence-electron chi connectivity index (χ3n) is 3.49. The molecule has 2 aromatic rings. The Labute approximate surface area is 157 Å². The molecule has 0 unspecified atom stereocenters. The molecule has 8 nitrogen and oxygen atoms in total. The number of hydrogen-bond acceptors (Lipinski definition) is 8. The zero-order valence-corrected chi connectivity index (χ0v) is 15.4. The summed E-state index contributed by atoms with van der Waals surface area (Å²) in [5, 5.41) is 13.5. The number of hydrazone groups is 1. The third-order valence-corrected chi connectivity index (χ3v) is 3.49. The van der Waals surface area contributed by atoms with Gasteiger partial charge in [-0.25, -0.2) is 9.78 Å². The molecule has 0 aliphatic rings. The number of carbonyl (C=O) groups is 1. The Balaban J connectivity index is 2.05. The molecule has 1 heterocycles. The van der Waals surface area contributed by atoms with E-state index in [1.165, 1.54) is 7.11 Å². The molecule has 0 aliphatic carbocycles. The Morgan fingerprint density at radius 1 is 1.33 bits per heavy atom. The number of aryl methyl sites for hydroxylation is 1. The van der Waals surface area contributed by atoms with Crippen LogP contribution in [0.15, 0.2) is 35.4 Å². The standard InChI is InChI=1S/C19H20N4O4/c1-13-8-15(11-25-2)17(9-20)19(22-13)23-21-10-14-4-6-16(7-5-14)27-12-18(24)26-3/h4-8,10H,11-12H2,1-3H3,(H,22,23)/b21-10+. The van der Waals surface area contributed by atoms with Crippen LogP contribution < -0.4 is 10.2 Å². The maximum atomic E-state index is 11.1. The van der Waals surface area contributed by atoms with E-state index in [-0.39, 0.29) is 6.61 Å². The lowest BCUT2D eigenvalue weighted by Crippen LogP contribution is -2.12. The fourth-order valence-corrected chi connectivity index (χ4v) is 2.24. The second-order valence-electron chi connectivity index (χ2n) is 5.50. The largest absolute Gasteiger partial charge is 0.482 e. The van der Waals surface area contributed by atoms with Crippen LogP contribution in [0, 0.1) is 18.3 Å². The molecule has 140 valence electrons. The molecule has 8 heteroatoms. The normalized spacial score (nSPS) is 10.4.